The van der Waals surface area contributed by atoms with Crippen molar-refractivity contribution in [1.82, 2.24) is 0 Å². The summed E-state index contributed by atoms with van der Waals surface area (Å²) >= 11 is 0. The lowest BCUT2D eigenvalue weighted by Gasteiger charge is -2.14. The first-order chi connectivity index (χ1) is 11.3. The number of hydrogen-bond donors (Lipinski definition) is 1. The van der Waals surface area contributed by atoms with E-state index >= 15 is 0 Å². The van der Waals surface area contributed by atoms with Gasteiger partial charge in [-0.1, -0.05) is 30.3 Å². The summed E-state index contributed by atoms with van der Waals surface area (Å²) in [5, 5.41) is 3.07. The lowest BCUT2D eigenvalue weighted by atomic mass is 10.0. The Labute approximate surface area is 135 Å². The largest absolute Gasteiger partial charge is 0.493 e. The molecule has 1 N–H and O–H groups in total. The van der Waals surface area contributed by atoms with E-state index in [2.05, 4.69) is 11.4 Å². The molecule has 0 spiro atoms. The molecule has 1 amide bonds. The van der Waals surface area contributed by atoms with E-state index < -0.39 is 0 Å². The second-order valence-electron chi connectivity index (χ2n) is 5.95. The third kappa shape index (κ3) is 2.77. The van der Waals surface area contributed by atoms with Crippen molar-refractivity contribution in [3.8, 4) is 11.5 Å². The van der Waals surface area contributed by atoms with Crippen LogP contribution in [0.2, 0.25) is 0 Å². The topological polar surface area (TPSA) is 47.6 Å². The molecule has 0 bridgehead atoms. The molecule has 0 radical (unpaired) electrons. The van der Waals surface area contributed by atoms with Crippen LogP contribution in [0, 0.1) is 0 Å². The van der Waals surface area contributed by atoms with Gasteiger partial charge in [-0.05, 0) is 18.1 Å². The van der Waals surface area contributed by atoms with Crippen LogP contribution in [0.25, 0.3) is 0 Å². The Morgan fingerprint density at radius 3 is 2.78 bits per heavy atom. The summed E-state index contributed by atoms with van der Waals surface area (Å²) in [5.41, 5.74) is 4.19. The summed E-state index contributed by atoms with van der Waals surface area (Å²) < 4.78 is 11.4. The standard InChI is InChI=1S/C19H19NO3/c21-17(7-6-13-4-2-1-3-5-13)20-18-15-9-11-22-16(15)12-14-8-10-23-19(14)18/h1-5,12H,6-11H2,(H,20,21). The number of anilines is 1. The van der Waals surface area contributed by atoms with Crippen molar-refractivity contribution in [1.29, 1.82) is 0 Å². The van der Waals surface area contributed by atoms with E-state index in [1.54, 1.807) is 0 Å². The number of nitrogens with one attached hydrogen (secondary N) is 1. The molecule has 0 atom stereocenters. The zero-order valence-electron chi connectivity index (χ0n) is 12.9. The molecule has 0 saturated heterocycles. The van der Waals surface area contributed by atoms with E-state index in [9.17, 15) is 4.79 Å². The molecule has 118 valence electrons. The number of carbonyl (C=O) groups is 1. The first-order valence-electron chi connectivity index (χ1n) is 8.09. The minimum Gasteiger partial charge on any atom is -0.493 e. The Balaban J connectivity index is 1.51. The predicted octanol–water partition coefficient (Wildman–Crippen LogP) is 3.13. The average molecular weight is 309 g/mol. The highest BCUT2D eigenvalue weighted by molar-refractivity contribution is 5.94. The summed E-state index contributed by atoms with van der Waals surface area (Å²) in [6.07, 6.45) is 2.89. The fourth-order valence-electron chi connectivity index (χ4n) is 3.22. The molecule has 0 unspecified atom stereocenters. The van der Waals surface area contributed by atoms with Crippen LogP contribution in [0.5, 0.6) is 11.5 Å². The highest BCUT2D eigenvalue weighted by atomic mass is 16.5. The molecule has 0 aromatic heterocycles. The maximum atomic E-state index is 12.4. The zero-order valence-corrected chi connectivity index (χ0v) is 12.9. The lowest BCUT2D eigenvalue weighted by Crippen LogP contribution is -2.14. The molecule has 23 heavy (non-hydrogen) atoms. The van der Waals surface area contributed by atoms with Crippen molar-refractivity contribution in [3.63, 3.8) is 0 Å². The Morgan fingerprint density at radius 2 is 1.91 bits per heavy atom. The van der Waals surface area contributed by atoms with E-state index in [1.165, 1.54) is 5.56 Å². The molecule has 4 heteroatoms. The number of rotatable bonds is 4. The van der Waals surface area contributed by atoms with Crippen LogP contribution in [0.15, 0.2) is 36.4 Å². The van der Waals surface area contributed by atoms with Crippen molar-refractivity contribution >= 4 is 11.6 Å². The Kier molecular flexibility index (Phi) is 3.66. The van der Waals surface area contributed by atoms with Crippen molar-refractivity contribution in [3.05, 3.63) is 53.1 Å². The first kappa shape index (κ1) is 14.1. The molecule has 0 fully saturated rings. The van der Waals surface area contributed by atoms with Crippen molar-refractivity contribution < 1.29 is 14.3 Å². The van der Waals surface area contributed by atoms with Gasteiger partial charge in [0, 0.05) is 30.4 Å². The quantitative estimate of drug-likeness (QED) is 0.944. The molecule has 2 aromatic rings. The van der Waals surface area contributed by atoms with Gasteiger partial charge in [0.15, 0.2) is 0 Å². The van der Waals surface area contributed by atoms with Gasteiger partial charge >= 0.3 is 0 Å². The van der Waals surface area contributed by atoms with Crippen LogP contribution in [0.1, 0.15) is 23.1 Å². The lowest BCUT2D eigenvalue weighted by molar-refractivity contribution is -0.116. The molecule has 4 nitrogen and oxygen atoms in total. The monoisotopic (exact) mass is 309 g/mol. The number of amides is 1. The summed E-state index contributed by atoms with van der Waals surface area (Å²) in [4.78, 5) is 12.4. The second kappa shape index (κ2) is 5.95. The highest BCUT2D eigenvalue weighted by Crippen LogP contribution is 2.44. The molecule has 2 heterocycles. The minimum atomic E-state index is 0.0202. The minimum absolute atomic E-state index is 0.0202. The molecule has 0 saturated carbocycles. The maximum absolute atomic E-state index is 12.4. The molecule has 2 aliphatic heterocycles. The summed E-state index contributed by atoms with van der Waals surface area (Å²) in [7, 11) is 0. The fraction of sp³-hybridized carbons (Fsp3) is 0.316. The van der Waals surface area contributed by atoms with Gasteiger partial charge in [0.05, 0.1) is 18.9 Å². The third-order valence-electron chi connectivity index (χ3n) is 4.40. The predicted molar refractivity (Wildman–Crippen MR) is 88.2 cm³/mol. The van der Waals surface area contributed by atoms with E-state index in [-0.39, 0.29) is 5.91 Å². The summed E-state index contributed by atoms with van der Waals surface area (Å²) in [5.74, 6) is 1.75. The van der Waals surface area contributed by atoms with Gasteiger partial charge in [-0.3, -0.25) is 4.79 Å². The maximum Gasteiger partial charge on any atom is 0.224 e. The van der Waals surface area contributed by atoms with E-state index in [1.807, 2.05) is 30.3 Å². The number of aryl methyl sites for hydroxylation is 1. The number of hydrogen-bond acceptors (Lipinski definition) is 3. The normalized spacial score (nSPS) is 14.6. The van der Waals surface area contributed by atoms with E-state index in [0.717, 1.165) is 47.6 Å². The number of benzene rings is 2. The molecule has 2 aliphatic rings. The van der Waals surface area contributed by atoms with Gasteiger partial charge in [0.1, 0.15) is 11.5 Å². The second-order valence-corrected chi connectivity index (χ2v) is 5.95. The smallest absolute Gasteiger partial charge is 0.224 e. The van der Waals surface area contributed by atoms with E-state index in [0.29, 0.717) is 19.6 Å². The van der Waals surface area contributed by atoms with Gasteiger partial charge < -0.3 is 14.8 Å². The first-order valence-corrected chi connectivity index (χ1v) is 8.09. The van der Waals surface area contributed by atoms with Crippen LogP contribution in [-0.4, -0.2) is 19.1 Å². The molecule has 0 aliphatic carbocycles. The van der Waals surface area contributed by atoms with Gasteiger partial charge in [-0.25, -0.2) is 0 Å². The Hall–Kier alpha value is -2.49. The van der Waals surface area contributed by atoms with Crippen molar-refractivity contribution in [2.75, 3.05) is 18.5 Å². The fourth-order valence-corrected chi connectivity index (χ4v) is 3.22. The van der Waals surface area contributed by atoms with Crippen LogP contribution in [0.3, 0.4) is 0 Å². The molecule has 4 rings (SSSR count). The number of fused-ring (bicyclic) bond motifs is 2. The van der Waals surface area contributed by atoms with E-state index in [4.69, 9.17) is 9.47 Å². The number of carbonyl (C=O) groups excluding carboxylic acids is 1. The summed E-state index contributed by atoms with van der Waals surface area (Å²) in [6.45, 7) is 1.34. The average Bonchev–Trinajstić information content (AvgIpc) is 3.22. The van der Waals surface area contributed by atoms with Crippen LogP contribution < -0.4 is 14.8 Å². The van der Waals surface area contributed by atoms with Crippen LogP contribution in [0.4, 0.5) is 5.69 Å². The zero-order chi connectivity index (χ0) is 15.6. The highest BCUT2D eigenvalue weighted by Gasteiger charge is 2.27. The van der Waals surface area contributed by atoms with Crippen molar-refractivity contribution in [2.24, 2.45) is 0 Å². The Bertz CT molecular complexity index is 708. The number of ether oxygens (including phenoxy) is 2. The third-order valence-corrected chi connectivity index (χ3v) is 4.40. The van der Waals surface area contributed by atoms with Crippen LogP contribution >= 0.6 is 0 Å². The Morgan fingerprint density at radius 1 is 1.09 bits per heavy atom. The van der Waals surface area contributed by atoms with Crippen molar-refractivity contribution in [2.45, 2.75) is 25.7 Å². The van der Waals surface area contributed by atoms with Gasteiger partial charge in [-0.15, -0.1) is 0 Å². The molecular weight excluding hydrogens is 290 g/mol. The SMILES string of the molecule is O=C(CCc1ccccc1)Nc1c2c(cc3c1OCC3)OCC2. The summed E-state index contributed by atoms with van der Waals surface area (Å²) in [6, 6.07) is 12.1. The van der Waals surface area contributed by atoms with Gasteiger partial charge in [0.2, 0.25) is 5.91 Å². The molecule has 2 aromatic carbocycles. The molecular formula is C19H19NO3. The van der Waals surface area contributed by atoms with Crippen LogP contribution in [-0.2, 0) is 24.1 Å². The van der Waals surface area contributed by atoms with Gasteiger partial charge in [0.25, 0.3) is 0 Å². The van der Waals surface area contributed by atoms with Gasteiger partial charge in [-0.2, -0.15) is 0 Å².